The van der Waals surface area contributed by atoms with Crippen molar-refractivity contribution in [2.75, 3.05) is 0 Å². The number of hydrogen-bond acceptors (Lipinski definition) is 0. The first-order chi connectivity index (χ1) is 9.28. The summed E-state index contributed by atoms with van der Waals surface area (Å²) in [6, 6.07) is 7.78. The van der Waals surface area contributed by atoms with Crippen LogP contribution in [-0.4, -0.2) is 0 Å². The fourth-order valence-corrected chi connectivity index (χ4v) is 2.79. The van der Waals surface area contributed by atoms with Crippen molar-refractivity contribution < 1.29 is 0 Å². The number of benzene rings is 1. The summed E-state index contributed by atoms with van der Waals surface area (Å²) in [5, 5.41) is 0.772. The van der Waals surface area contributed by atoms with E-state index >= 15 is 0 Å². The Kier molecular flexibility index (Phi) is 5.55. The fraction of sp³-hybridized carbons (Fsp3) is 0.444. The van der Waals surface area contributed by atoms with Crippen molar-refractivity contribution in [2.45, 2.75) is 38.5 Å². The van der Waals surface area contributed by atoms with Crippen molar-refractivity contribution in [3.63, 3.8) is 0 Å². The predicted octanol–water partition coefficient (Wildman–Crippen LogP) is 5.46. The standard InChI is InChI=1S/C18H21Cl/c1-2-3-4-15-5-7-16(8-6-15)9-10-17-11-13-18(19)14-12-17/h2,11-16H,1,3-8H2. The molecule has 2 rings (SSSR count). The molecule has 0 unspecified atom stereocenters. The highest BCUT2D eigenvalue weighted by atomic mass is 35.5. The maximum atomic E-state index is 5.86. The molecule has 0 nitrogen and oxygen atoms in total. The molecular weight excluding hydrogens is 252 g/mol. The Labute approximate surface area is 121 Å². The molecule has 0 spiro atoms. The molecule has 1 aromatic carbocycles. The topological polar surface area (TPSA) is 0 Å². The summed E-state index contributed by atoms with van der Waals surface area (Å²) in [5.74, 6) is 8.17. The van der Waals surface area contributed by atoms with E-state index in [1.54, 1.807) is 0 Å². The van der Waals surface area contributed by atoms with Gasteiger partial charge in [-0.3, -0.25) is 0 Å². The van der Waals surface area contributed by atoms with Gasteiger partial charge in [0.25, 0.3) is 0 Å². The Balaban J connectivity index is 1.82. The Morgan fingerprint density at radius 3 is 2.47 bits per heavy atom. The molecule has 1 fully saturated rings. The maximum Gasteiger partial charge on any atom is 0.0406 e. The molecule has 0 atom stereocenters. The molecule has 0 amide bonds. The largest absolute Gasteiger partial charge is 0.103 e. The molecule has 19 heavy (non-hydrogen) atoms. The molecule has 0 N–H and O–H groups in total. The van der Waals surface area contributed by atoms with Gasteiger partial charge in [-0.2, -0.15) is 0 Å². The van der Waals surface area contributed by atoms with Gasteiger partial charge < -0.3 is 0 Å². The van der Waals surface area contributed by atoms with Gasteiger partial charge in [0.15, 0.2) is 0 Å². The van der Waals surface area contributed by atoms with Gasteiger partial charge in [-0.05, 0) is 68.7 Å². The van der Waals surface area contributed by atoms with Crippen molar-refractivity contribution in [3.05, 3.63) is 47.5 Å². The van der Waals surface area contributed by atoms with Crippen LogP contribution in [0.1, 0.15) is 44.1 Å². The fourth-order valence-electron chi connectivity index (χ4n) is 2.67. The van der Waals surface area contributed by atoms with E-state index in [9.17, 15) is 0 Å². The van der Waals surface area contributed by atoms with E-state index in [-0.39, 0.29) is 0 Å². The Morgan fingerprint density at radius 2 is 1.84 bits per heavy atom. The van der Waals surface area contributed by atoms with Crippen LogP contribution in [0.15, 0.2) is 36.9 Å². The lowest BCUT2D eigenvalue weighted by molar-refractivity contribution is 0.303. The molecule has 0 radical (unpaired) electrons. The van der Waals surface area contributed by atoms with Crippen molar-refractivity contribution in [1.82, 2.24) is 0 Å². The van der Waals surface area contributed by atoms with E-state index in [0.717, 1.165) is 22.9 Å². The molecule has 1 aromatic rings. The lowest BCUT2D eigenvalue weighted by Gasteiger charge is -2.25. The van der Waals surface area contributed by atoms with Gasteiger partial charge in [-0.25, -0.2) is 0 Å². The van der Waals surface area contributed by atoms with Gasteiger partial charge >= 0.3 is 0 Å². The van der Waals surface area contributed by atoms with Crippen LogP contribution in [0.5, 0.6) is 0 Å². The van der Waals surface area contributed by atoms with Crippen LogP contribution >= 0.6 is 11.6 Å². The second-order valence-electron chi connectivity index (χ2n) is 5.36. The van der Waals surface area contributed by atoms with Gasteiger partial charge in [0.05, 0.1) is 0 Å². The minimum absolute atomic E-state index is 0.579. The van der Waals surface area contributed by atoms with Crippen molar-refractivity contribution in [1.29, 1.82) is 0 Å². The highest BCUT2D eigenvalue weighted by molar-refractivity contribution is 6.30. The van der Waals surface area contributed by atoms with Crippen molar-refractivity contribution in [3.8, 4) is 11.8 Å². The monoisotopic (exact) mass is 272 g/mol. The maximum absolute atomic E-state index is 5.86. The van der Waals surface area contributed by atoms with Crippen LogP contribution < -0.4 is 0 Å². The van der Waals surface area contributed by atoms with E-state index in [1.807, 2.05) is 30.3 Å². The quantitative estimate of drug-likeness (QED) is 0.506. The first-order valence-electron chi connectivity index (χ1n) is 7.16. The third kappa shape index (κ3) is 4.77. The predicted molar refractivity (Wildman–Crippen MR) is 83.2 cm³/mol. The summed E-state index contributed by atoms with van der Waals surface area (Å²) < 4.78 is 0. The molecule has 0 aromatic heterocycles. The van der Waals surface area contributed by atoms with Crippen LogP contribution in [0.25, 0.3) is 0 Å². The van der Waals surface area contributed by atoms with E-state index in [1.165, 1.54) is 32.1 Å². The van der Waals surface area contributed by atoms with Crippen LogP contribution in [0, 0.1) is 23.7 Å². The van der Waals surface area contributed by atoms with Gasteiger partial charge in [0, 0.05) is 16.5 Å². The summed E-state index contributed by atoms with van der Waals surface area (Å²) in [6.45, 7) is 3.80. The van der Waals surface area contributed by atoms with Crippen molar-refractivity contribution >= 4 is 11.6 Å². The summed E-state index contributed by atoms with van der Waals surface area (Å²) in [7, 11) is 0. The van der Waals surface area contributed by atoms with E-state index in [0.29, 0.717) is 5.92 Å². The molecule has 1 heteroatoms. The second kappa shape index (κ2) is 7.41. The van der Waals surface area contributed by atoms with E-state index in [4.69, 9.17) is 11.6 Å². The number of allylic oxidation sites excluding steroid dienone is 1. The molecular formula is C18H21Cl. The first kappa shape index (κ1) is 14.2. The van der Waals surface area contributed by atoms with Gasteiger partial charge in [-0.1, -0.05) is 29.5 Å². The van der Waals surface area contributed by atoms with E-state index in [2.05, 4.69) is 18.4 Å². The molecule has 0 aliphatic heterocycles. The average Bonchev–Trinajstić information content (AvgIpc) is 2.46. The van der Waals surface area contributed by atoms with Crippen LogP contribution in [0.4, 0.5) is 0 Å². The SMILES string of the molecule is C=CCCC1CCC(C#Cc2ccc(Cl)cc2)CC1. The highest BCUT2D eigenvalue weighted by Gasteiger charge is 2.18. The number of halogens is 1. The van der Waals surface area contributed by atoms with Crippen LogP contribution in [-0.2, 0) is 0 Å². The zero-order valence-electron chi connectivity index (χ0n) is 11.4. The zero-order chi connectivity index (χ0) is 13.5. The summed E-state index contributed by atoms with van der Waals surface area (Å²) in [4.78, 5) is 0. The Bertz CT molecular complexity index is 453. The smallest absolute Gasteiger partial charge is 0.0406 e. The number of rotatable bonds is 3. The van der Waals surface area contributed by atoms with Crippen LogP contribution in [0.2, 0.25) is 5.02 Å². The Morgan fingerprint density at radius 1 is 1.16 bits per heavy atom. The first-order valence-corrected chi connectivity index (χ1v) is 7.53. The minimum atomic E-state index is 0.579. The molecule has 1 saturated carbocycles. The van der Waals surface area contributed by atoms with Gasteiger partial charge in [0.1, 0.15) is 0 Å². The number of hydrogen-bond donors (Lipinski definition) is 0. The molecule has 0 heterocycles. The molecule has 1 aliphatic rings. The molecule has 0 saturated heterocycles. The average molecular weight is 273 g/mol. The molecule has 0 bridgehead atoms. The third-order valence-corrected chi connectivity index (χ3v) is 4.14. The summed E-state index contributed by atoms with van der Waals surface area (Å²) >= 11 is 5.86. The highest BCUT2D eigenvalue weighted by Crippen LogP contribution is 2.31. The van der Waals surface area contributed by atoms with Crippen LogP contribution in [0.3, 0.4) is 0 Å². The lowest BCUT2D eigenvalue weighted by Crippen LogP contribution is -2.13. The zero-order valence-corrected chi connectivity index (χ0v) is 12.1. The summed E-state index contributed by atoms with van der Waals surface area (Å²) in [6.07, 6.45) is 9.66. The Hall–Kier alpha value is -1.19. The van der Waals surface area contributed by atoms with Gasteiger partial charge in [-0.15, -0.1) is 6.58 Å². The van der Waals surface area contributed by atoms with E-state index < -0.39 is 0 Å². The lowest BCUT2D eigenvalue weighted by atomic mass is 9.80. The molecule has 1 aliphatic carbocycles. The molecule has 100 valence electrons. The minimum Gasteiger partial charge on any atom is -0.103 e. The third-order valence-electron chi connectivity index (χ3n) is 3.89. The van der Waals surface area contributed by atoms with Gasteiger partial charge in [0.2, 0.25) is 0 Å². The normalized spacial score (nSPS) is 22.4. The summed E-state index contributed by atoms with van der Waals surface area (Å²) in [5.41, 5.74) is 1.07. The second-order valence-corrected chi connectivity index (χ2v) is 5.80. The van der Waals surface area contributed by atoms with Crippen molar-refractivity contribution in [2.24, 2.45) is 11.8 Å².